The zero-order valence-corrected chi connectivity index (χ0v) is 16.3. The van der Waals surface area contributed by atoms with Crippen LogP contribution in [0, 0.1) is 11.3 Å². The van der Waals surface area contributed by atoms with Crippen LogP contribution in [0.1, 0.15) is 30.5 Å². The summed E-state index contributed by atoms with van der Waals surface area (Å²) in [7, 11) is 0. The van der Waals surface area contributed by atoms with Gasteiger partial charge in [-0.05, 0) is 42.8 Å². The second kappa shape index (κ2) is 10.1. The zero-order chi connectivity index (χ0) is 21.4. The molecule has 2 aromatic carbocycles. The van der Waals surface area contributed by atoms with Crippen LogP contribution >= 0.6 is 11.6 Å². The van der Waals surface area contributed by atoms with Gasteiger partial charge < -0.3 is 21.1 Å². The average Bonchev–Trinajstić information content (AvgIpc) is 2.67. The number of hydrogen-bond acceptors (Lipinski definition) is 5. The number of anilines is 1. The molecule has 9 heteroatoms. The number of rotatable bonds is 7. The van der Waals surface area contributed by atoms with Crippen molar-refractivity contribution in [2.75, 3.05) is 5.32 Å². The van der Waals surface area contributed by atoms with Crippen molar-refractivity contribution in [3.63, 3.8) is 0 Å². The number of amides is 3. The average molecular weight is 415 g/mol. The maximum atomic E-state index is 12.3. The lowest BCUT2D eigenvalue weighted by molar-refractivity contribution is -0.153. The maximum absolute atomic E-state index is 12.3. The van der Waals surface area contributed by atoms with Gasteiger partial charge in [-0.15, -0.1) is 0 Å². The second-order valence-corrected chi connectivity index (χ2v) is 6.57. The molecule has 150 valence electrons. The summed E-state index contributed by atoms with van der Waals surface area (Å²) in [6, 6.07) is 13.3. The fraction of sp³-hybridized carbons (Fsp3) is 0.200. The number of carbonyl (C=O) groups is 3. The molecular formula is C20H19ClN4O4. The molecule has 0 spiro atoms. The Kier molecular flexibility index (Phi) is 7.57. The molecule has 2 atom stereocenters. The number of primary amides is 1. The van der Waals surface area contributed by atoms with Gasteiger partial charge in [-0.25, -0.2) is 4.79 Å². The lowest BCUT2D eigenvalue weighted by atomic mass is 10.0. The first-order chi connectivity index (χ1) is 13.8. The van der Waals surface area contributed by atoms with E-state index in [4.69, 9.17) is 27.3 Å². The van der Waals surface area contributed by atoms with E-state index in [1.165, 1.54) is 13.0 Å². The van der Waals surface area contributed by atoms with Gasteiger partial charge in [0, 0.05) is 10.7 Å². The number of esters is 1. The number of carbonyl (C=O) groups excluding carboxylic acids is 3. The Labute approximate surface area is 172 Å². The smallest absolute Gasteiger partial charge is 0.312 e. The number of benzene rings is 2. The minimum absolute atomic E-state index is 0.230. The Bertz CT molecular complexity index is 940. The Morgan fingerprint density at radius 2 is 1.90 bits per heavy atom. The first kappa shape index (κ1) is 21.7. The van der Waals surface area contributed by atoms with Crippen molar-refractivity contribution in [1.82, 2.24) is 5.32 Å². The van der Waals surface area contributed by atoms with Gasteiger partial charge in [0.15, 0.2) is 6.10 Å². The van der Waals surface area contributed by atoms with Gasteiger partial charge in [0.05, 0.1) is 24.1 Å². The van der Waals surface area contributed by atoms with Crippen LogP contribution in [0.3, 0.4) is 0 Å². The van der Waals surface area contributed by atoms with Crippen molar-refractivity contribution >= 4 is 35.2 Å². The van der Waals surface area contributed by atoms with Crippen LogP contribution in [-0.4, -0.2) is 24.0 Å². The van der Waals surface area contributed by atoms with Crippen LogP contribution < -0.4 is 16.4 Å². The molecule has 0 bridgehead atoms. The van der Waals surface area contributed by atoms with E-state index in [1.54, 1.807) is 42.5 Å². The number of urea groups is 1. The number of nitrogens with two attached hydrogens (primary N) is 1. The molecule has 2 aromatic rings. The summed E-state index contributed by atoms with van der Waals surface area (Å²) in [6.45, 7) is 1.42. The molecule has 0 fully saturated rings. The van der Waals surface area contributed by atoms with E-state index < -0.39 is 30.1 Å². The number of nitriles is 1. The largest absolute Gasteiger partial charge is 0.452 e. The normalized spacial score (nSPS) is 12.2. The van der Waals surface area contributed by atoms with Crippen LogP contribution in [0.5, 0.6) is 0 Å². The number of hydrogen-bond donors (Lipinski definition) is 3. The third-order valence-electron chi connectivity index (χ3n) is 3.90. The van der Waals surface area contributed by atoms with Crippen molar-refractivity contribution < 1.29 is 19.1 Å². The summed E-state index contributed by atoms with van der Waals surface area (Å²) in [5, 5.41) is 14.4. The highest BCUT2D eigenvalue weighted by molar-refractivity contribution is 6.30. The van der Waals surface area contributed by atoms with E-state index in [1.807, 2.05) is 6.07 Å². The zero-order valence-electron chi connectivity index (χ0n) is 15.5. The molecule has 0 aliphatic carbocycles. The molecule has 0 heterocycles. The Morgan fingerprint density at radius 1 is 1.21 bits per heavy atom. The van der Waals surface area contributed by atoms with Crippen molar-refractivity contribution in [2.45, 2.75) is 25.5 Å². The van der Waals surface area contributed by atoms with E-state index in [0.717, 1.165) is 0 Å². The maximum Gasteiger partial charge on any atom is 0.312 e. The Hall–Kier alpha value is -3.57. The van der Waals surface area contributed by atoms with Gasteiger partial charge in [0.25, 0.3) is 5.91 Å². The van der Waals surface area contributed by atoms with E-state index in [0.29, 0.717) is 21.8 Å². The number of nitrogens with one attached hydrogen (secondary N) is 2. The highest BCUT2D eigenvalue weighted by Gasteiger charge is 2.23. The molecule has 0 aliphatic rings. The third-order valence-corrected chi connectivity index (χ3v) is 4.15. The highest BCUT2D eigenvalue weighted by Crippen LogP contribution is 2.20. The van der Waals surface area contributed by atoms with Crippen LogP contribution in [0.25, 0.3) is 0 Å². The van der Waals surface area contributed by atoms with Crippen LogP contribution in [-0.2, 0) is 14.3 Å². The molecule has 0 aromatic heterocycles. The molecule has 4 N–H and O–H groups in total. The van der Waals surface area contributed by atoms with E-state index in [2.05, 4.69) is 10.6 Å². The molecule has 0 radical (unpaired) electrons. The molecule has 29 heavy (non-hydrogen) atoms. The monoisotopic (exact) mass is 414 g/mol. The Balaban J connectivity index is 1.98. The summed E-state index contributed by atoms with van der Waals surface area (Å²) >= 11 is 5.85. The molecule has 0 unspecified atom stereocenters. The van der Waals surface area contributed by atoms with Gasteiger partial charge in [-0.3, -0.25) is 9.59 Å². The molecule has 0 saturated heterocycles. The molecule has 3 amide bonds. The van der Waals surface area contributed by atoms with Gasteiger partial charge in [-0.2, -0.15) is 5.26 Å². The van der Waals surface area contributed by atoms with Crippen molar-refractivity contribution in [3.8, 4) is 6.07 Å². The summed E-state index contributed by atoms with van der Waals surface area (Å²) in [5.41, 5.74) is 6.58. The number of nitrogens with zero attached hydrogens (tertiary/aromatic N) is 1. The topological polar surface area (TPSA) is 134 Å². The van der Waals surface area contributed by atoms with Crippen LogP contribution in [0.4, 0.5) is 10.5 Å². The fourth-order valence-electron chi connectivity index (χ4n) is 2.49. The molecular weight excluding hydrogens is 396 g/mol. The number of halogens is 1. The van der Waals surface area contributed by atoms with Crippen molar-refractivity contribution in [3.05, 3.63) is 64.7 Å². The van der Waals surface area contributed by atoms with Crippen molar-refractivity contribution in [2.24, 2.45) is 5.73 Å². The predicted octanol–water partition coefficient (Wildman–Crippen LogP) is 2.88. The first-order valence-corrected chi connectivity index (χ1v) is 8.98. The quantitative estimate of drug-likeness (QED) is 0.599. The van der Waals surface area contributed by atoms with E-state index in [9.17, 15) is 14.4 Å². The summed E-state index contributed by atoms with van der Waals surface area (Å²) < 4.78 is 5.16. The molecule has 8 nitrogen and oxygen atoms in total. The minimum Gasteiger partial charge on any atom is -0.452 e. The summed E-state index contributed by atoms with van der Waals surface area (Å²) in [6.07, 6.45) is -1.32. The first-order valence-electron chi connectivity index (χ1n) is 8.60. The molecule has 2 rings (SSSR count). The lowest BCUT2D eigenvalue weighted by Gasteiger charge is -2.19. The van der Waals surface area contributed by atoms with E-state index >= 15 is 0 Å². The van der Waals surface area contributed by atoms with Crippen LogP contribution in [0.2, 0.25) is 5.02 Å². The van der Waals surface area contributed by atoms with Gasteiger partial charge >= 0.3 is 12.0 Å². The lowest BCUT2D eigenvalue weighted by Crippen LogP contribution is -2.36. The van der Waals surface area contributed by atoms with Crippen molar-refractivity contribution in [1.29, 1.82) is 5.26 Å². The minimum atomic E-state index is -1.09. The van der Waals surface area contributed by atoms with Gasteiger partial charge in [0.2, 0.25) is 0 Å². The van der Waals surface area contributed by atoms with Gasteiger partial charge in [-0.1, -0.05) is 29.8 Å². The summed E-state index contributed by atoms with van der Waals surface area (Å²) in [5.74, 6) is -1.26. The third kappa shape index (κ3) is 6.83. The number of ether oxygens (including phenoxy) is 1. The molecule has 0 aliphatic heterocycles. The van der Waals surface area contributed by atoms with E-state index in [-0.39, 0.29) is 6.42 Å². The Morgan fingerprint density at radius 3 is 2.52 bits per heavy atom. The second-order valence-electron chi connectivity index (χ2n) is 6.13. The molecule has 0 saturated carbocycles. The standard InChI is InChI=1S/C20H19ClN4O4/c1-12(19(27)24-16-4-2-3-13(9-16)11-22)29-18(26)10-17(25-20(23)28)14-5-7-15(21)8-6-14/h2-9,12,17H,10H2,1H3,(H,24,27)(H3,23,25,28)/t12-,17+/m1/s1. The van der Waals surface area contributed by atoms with Crippen LogP contribution in [0.15, 0.2) is 48.5 Å². The SMILES string of the molecule is C[C@@H](OC(=O)C[C@H](NC(N)=O)c1ccc(Cl)cc1)C(=O)Nc1cccc(C#N)c1. The highest BCUT2D eigenvalue weighted by atomic mass is 35.5. The fourth-order valence-corrected chi connectivity index (χ4v) is 2.62. The predicted molar refractivity (Wildman–Crippen MR) is 107 cm³/mol. The van der Waals surface area contributed by atoms with Gasteiger partial charge in [0.1, 0.15) is 0 Å². The summed E-state index contributed by atoms with van der Waals surface area (Å²) in [4.78, 5) is 35.8.